The predicted molar refractivity (Wildman–Crippen MR) is 120 cm³/mol. The molecule has 2 aromatic rings. The number of nitrogens with zero attached hydrogens (tertiary/aromatic N) is 3. The molecule has 0 bridgehead atoms. The lowest BCUT2D eigenvalue weighted by atomic mass is 9.77. The molecule has 1 saturated heterocycles. The van der Waals surface area contributed by atoms with E-state index >= 15 is 0 Å². The molecule has 2 fully saturated rings. The maximum absolute atomic E-state index is 12.9. The second-order valence-corrected chi connectivity index (χ2v) is 9.72. The molecular weight excluding hydrogens is 438 g/mol. The van der Waals surface area contributed by atoms with Gasteiger partial charge in [-0.05, 0) is 56.2 Å². The van der Waals surface area contributed by atoms with Crippen molar-refractivity contribution < 1.29 is 14.4 Å². The van der Waals surface area contributed by atoms with E-state index in [0.29, 0.717) is 28.9 Å². The number of benzene rings is 1. The summed E-state index contributed by atoms with van der Waals surface area (Å²) in [5, 5.41) is 4.95. The molecule has 2 aliphatic rings. The van der Waals surface area contributed by atoms with Crippen molar-refractivity contribution in [2.75, 3.05) is 5.75 Å². The van der Waals surface area contributed by atoms with Gasteiger partial charge >= 0.3 is 6.03 Å². The maximum atomic E-state index is 12.9. The number of halogens is 1. The van der Waals surface area contributed by atoms with E-state index in [4.69, 9.17) is 11.6 Å². The van der Waals surface area contributed by atoms with Gasteiger partial charge in [-0.25, -0.2) is 9.78 Å². The Balaban J connectivity index is 1.42. The molecule has 10 heteroatoms. The van der Waals surface area contributed by atoms with Crippen LogP contribution in [0.15, 0.2) is 23.4 Å². The monoisotopic (exact) mass is 463 g/mol. The number of nitrogens with one attached hydrogen (secondary N) is 2. The van der Waals surface area contributed by atoms with Crippen LogP contribution < -0.4 is 10.7 Å². The molecule has 1 aromatic carbocycles. The van der Waals surface area contributed by atoms with E-state index in [2.05, 4.69) is 34.1 Å². The fourth-order valence-electron chi connectivity index (χ4n) is 4.23. The van der Waals surface area contributed by atoms with Gasteiger partial charge < -0.3 is 9.88 Å². The average molecular weight is 464 g/mol. The van der Waals surface area contributed by atoms with Crippen LogP contribution in [0.4, 0.5) is 4.79 Å². The van der Waals surface area contributed by atoms with E-state index in [1.165, 1.54) is 11.8 Å². The zero-order chi connectivity index (χ0) is 22.2. The van der Waals surface area contributed by atoms with E-state index in [0.717, 1.165) is 41.8 Å². The molecule has 166 valence electrons. The Labute approximate surface area is 190 Å². The van der Waals surface area contributed by atoms with Crippen LogP contribution in [-0.2, 0) is 16.1 Å². The molecule has 1 saturated carbocycles. The standard InChI is InChI=1S/C21H26ClN5O3S/c1-3-10-26-16-5-4-14(22)11-15(16)23-20(26)31-12-17(28)25-27-18(29)21(24-19(27)30)8-6-13(2)7-9-21/h4-5,11,13H,3,6-10,12H2,1-2H3,(H,24,30)(H,25,28). The van der Waals surface area contributed by atoms with Gasteiger partial charge in [-0.3, -0.25) is 15.0 Å². The Kier molecular flexibility index (Phi) is 6.16. The van der Waals surface area contributed by atoms with Crippen LogP contribution in [0.25, 0.3) is 11.0 Å². The van der Waals surface area contributed by atoms with Crippen molar-refractivity contribution in [3.05, 3.63) is 23.2 Å². The topological polar surface area (TPSA) is 96.3 Å². The van der Waals surface area contributed by atoms with Gasteiger partial charge in [0.2, 0.25) is 5.91 Å². The van der Waals surface area contributed by atoms with Crippen LogP contribution in [0, 0.1) is 5.92 Å². The number of thioether (sulfide) groups is 1. The normalized spacial score (nSPS) is 23.6. The number of carbonyl (C=O) groups excluding carboxylic acids is 3. The number of imide groups is 1. The fourth-order valence-corrected chi connectivity index (χ4v) is 5.23. The molecular formula is C21H26ClN5O3S. The number of carbonyl (C=O) groups is 3. The highest BCUT2D eigenvalue weighted by Crippen LogP contribution is 2.36. The van der Waals surface area contributed by atoms with E-state index in [1.54, 1.807) is 6.07 Å². The van der Waals surface area contributed by atoms with Crippen molar-refractivity contribution in [1.82, 2.24) is 25.3 Å². The molecule has 1 aliphatic carbocycles. The van der Waals surface area contributed by atoms with Gasteiger partial charge in [0.25, 0.3) is 5.91 Å². The molecule has 0 unspecified atom stereocenters. The van der Waals surface area contributed by atoms with Crippen molar-refractivity contribution in [3.8, 4) is 0 Å². The first-order valence-electron chi connectivity index (χ1n) is 10.6. The van der Waals surface area contributed by atoms with Crippen LogP contribution in [0.2, 0.25) is 5.02 Å². The Hall–Kier alpha value is -2.26. The van der Waals surface area contributed by atoms with Gasteiger partial charge in [0.1, 0.15) is 5.54 Å². The second kappa shape index (κ2) is 8.70. The first-order valence-corrected chi connectivity index (χ1v) is 11.9. The Morgan fingerprint density at radius 1 is 1.35 bits per heavy atom. The van der Waals surface area contributed by atoms with Crippen molar-refractivity contribution in [1.29, 1.82) is 0 Å². The molecule has 2 N–H and O–H groups in total. The number of hydrazine groups is 1. The first kappa shape index (κ1) is 22.0. The zero-order valence-corrected chi connectivity index (χ0v) is 19.2. The lowest BCUT2D eigenvalue weighted by molar-refractivity contribution is -0.139. The molecule has 1 aliphatic heterocycles. The Morgan fingerprint density at radius 3 is 2.81 bits per heavy atom. The summed E-state index contributed by atoms with van der Waals surface area (Å²) in [6, 6.07) is 4.97. The van der Waals surface area contributed by atoms with Gasteiger partial charge in [-0.2, -0.15) is 5.01 Å². The van der Waals surface area contributed by atoms with Crippen molar-refractivity contribution >= 4 is 52.2 Å². The van der Waals surface area contributed by atoms with Crippen LogP contribution in [0.1, 0.15) is 46.0 Å². The summed E-state index contributed by atoms with van der Waals surface area (Å²) in [6.07, 6.45) is 3.87. The highest BCUT2D eigenvalue weighted by atomic mass is 35.5. The maximum Gasteiger partial charge on any atom is 0.344 e. The molecule has 1 aromatic heterocycles. The molecule has 4 amide bonds. The summed E-state index contributed by atoms with van der Waals surface area (Å²) in [5.74, 6) is -0.229. The van der Waals surface area contributed by atoms with Crippen LogP contribution >= 0.6 is 23.4 Å². The summed E-state index contributed by atoms with van der Waals surface area (Å²) in [4.78, 5) is 42.4. The highest BCUT2D eigenvalue weighted by molar-refractivity contribution is 7.99. The number of imidazole rings is 1. The summed E-state index contributed by atoms with van der Waals surface area (Å²) in [5.41, 5.74) is 3.33. The van der Waals surface area contributed by atoms with Crippen LogP contribution in [-0.4, -0.2) is 43.7 Å². The quantitative estimate of drug-likeness (QED) is 0.502. The minimum absolute atomic E-state index is 0.0296. The van der Waals surface area contributed by atoms with Crippen molar-refractivity contribution in [2.45, 2.75) is 63.2 Å². The zero-order valence-electron chi connectivity index (χ0n) is 17.6. The van der Waals surface area contributed by atoms with Crippen molar-refractivity contribution in [3.63, 3.8) is 0 Å². The van der Waals surface area contributed by atoms with Gasteiger partial charge in [0, 0.05) is 11.6 Å². The van der Waals surface area contributed by atoms with Crippen LogP contribution in [0.5, 0.6) is 0 Å². The summed E-state index contributed by atoms with van der Waals surface area (Å²) in [6.45, 7) is 4.98. The summed E-state index contributed by atoms with van der Waals surface area (Å²) >= 11 is 7.35. The lowest BCUT2D eigenvalue weighted by Crippen LogP contribution is -2.51. The summed E-state index contributed by atoms with van der Waals surface area (Å²) < 4.78 is 2.05. The van der Waals surface area contributed by atoms with Crippen molar-refractivity contribution in [2.24, 2.45) is 5.92 Å². The van der Waals surface area contributed by atoms with E-state index in [1.807, 2.05) is 12.1 Å². The molecule has 31 heavy (non-hydrogen) atoms. The molecule has 8 nitrogen and oxygen atoms in total. The smallest absolute Gasteiger partial charge is 0.322 e. The van der Waals surface area contributed by atoms with E-state index in [9.17, 15) is 14.4 Å². The third-order valence-corrected chi connectivity index (χ3v) is 7.19. The molecule has 1 spiro atoms. The average Bonchev–Trinajstić information content (AvgIpc) is 3.18. The van der Waals surface area contributed by atoms with Gasteiger partial charge in [0.05, 0.1) is 16.8 Å². The number of hydrogen-bond donors (Lipinski definition) is 2. The largest absolute Gasteiger partial charge is 0.344 e. The van der Waals surface area contributed by atoms with Gasteiger partial charge in [0.15, 0.2) is 5.16 Å². The highest BCUT2D eigenvalue weighted by Gasteiger charge is 2.52. The third-order valence-electron chi connectivity index (χ3n) is 5.98. The Morgan fingerprint density at radius 2 is 2.10 bits per heavy atom. The molecule has 4 rings (SSSR count). The molecule has 2 heterocycles. The van der Waals surface area contributed by atoms with Gasteiger partial charge in [-0.1, -0.05) is 37.2 Å². The van der Waals surface area contributed by atoms with Crippen LogP contribution in [0.3, 0.4) is 0 Å². The molecule has 0 atom stereocenters. The minimum atomic E-state index is -0.877. The number of fused-ring (bicyclic) bond motifs is 1. The predicted octanol–water partition coefficient (Wildman–Crippen LogP) is 3.72. The molecule has 0 radical (unpaired) electrons. The van der Waals surface area contributed by atoms with E-state index in [-0.39, 0.29) is 11.7 Å². The number of aromatic nitrogens is 2. The van der Waals surface area contributed by atoms with E-state index < -0.39 is 17.5 Å². The lowest BCUT2D eigenvalue weighted by Gasteiger charge is -2.33. The third kappa shape index (κ3) is 4.25. The second-order valence-electron chi connectivity index (χ2n) is 8.34. The number of urea groups is 1. The SMILES string of the molecule is CCCn1c(SCC(=O)NN2C(=O)NC3(CCC(C)CC3)C2=O)nc2cc(Cl)ccc21. The number of amides is 4. The van der Waals surface area contributed by atoms with Gasteiger partial charge in [-0.15, -0.1) is 0 Å². The fraction of sp³-hybridized carbons (Fsp3) is 0.524. The first-order chi connectivity index (χ1) is 14.8. The Bertz CT molecular complexity index is 1030. The number of aryl methyl sites for hydroxylation is 1. The number of rotatable bonds is 6. The summed E-state index contributed by atoms with van der Waals surface area (Å²) in [7, 11) is 0. The minimum Gasteiger partial charge on any atom is -0.322 e. The number of hydrogen-bond acceptors (Lipinski definition) is 5.